The first kappa shape index (κ1) is 20.3. The molecule has 0 aliphatic carbocycles. The molecule has 0 bridgehead atoms. The Morgan fingerprint density at radius 2 is 1.91 bits per heavy atom. The lowest BCUT2D eigenvalue weighted by Gasteiger charge is -2.33. The maximum Gasteiger partial charge on any atom is 0.298 e. The van der Waals surface area contributed by atoms with E-state index in [1.165, 1.54) is 10.9 Å². The van der Waals surface area contributed by atoms with Crippen LogP contribution in [0.3, 0.4) is 0 Å². The summed E-state index contributed by atoms with van der Waals surface area (Å²) in [7, 11) is 0. The third kappa shape index (κ3) is 4.12. The van der Waals surface area contributed by atoms with Crippen LogP contribution >= 0.6 is 0 Å². The van der Waals surface area contributed by atoms with Gasteiger partial charge in [0.1, 0.15) is 11.5 Å². The molecule has 1 saturated heterocycles. The van der Waals surface area contributed by atoms with Crippen molar-refractivity contribution in [3.63, 3.8) is 0 Å². The zero-order chi connectivity index (χ0) is 21.9. The first-order valence-corrected chi connectivity index (χ1v) is 11.2. The Bertz CT molecular complexity index is 1240. The number of nitriles is 1. The van der Waals surface area contributed by atoms with Gasteiger partial charge in [-0.05, 0) is 50.1 Å². The number of benzene rings is 2. The van der Waals surface area contributed by atoms with Crippen LogP contribution in [0.25, 0.3) is 22.2 Å². The number of piperazine rings is 1. The number of rotatable bonds is 6. The molecule has 2 aromatic heterocycles. The third-order valence-corrected chi connectivity index (χ3v) is 6.29. The lowest BCUT2D eigenvalue weighted by Crippen LogP contribution is -2.46. The van der Waals surface area contributed by atoms with Crippen molar-refractivity contribution in [1.82, 2.24) is 14.9 Å². The molecule has 6 nitrogen and oxygen atoms in total. The summed E-state index contributed by atoms with van der Waals surface area (Å²) in [5.41, 5.74) is 5.13. The van der Waals surface area contributed by atoms with E-state index < -0.39 is 0 Å². The van der Waals surface area contributed by atoms with E-state index >= 15 is 0 Å². The largest absolute Gasteiger partial charge is 0.428 e. The van der Waals surface area contributed by atoms with Gasteiger partial charge in [0.25, 0.3) is 6.01 Å². The van der Waals surface area contributed by atoms with Crippen LogP contribution in [-0.2, 0) is 6.42 Å². The Morgan fingerprint density at radius 3 is 2.69 bits per heavy atom. The van der Waals surface area contributed by atoms with E-state index in [-0.39, 0.29) is 0 Å². The first-order chi connectivity index (χ1) is 15.7. The molecule has 0 saturated carbocycles. The van der Waals surface area contributed by atoms with Crippen molar-refractivity contribution in [2.75, 3.05) is 37.6 Å². The van der Waals surface area contributed by atoms with E-state index in [2.05, 4.69) is 39.2 Å². The molecule has 1 fully saturated rings. The lowest BCUT2D eigenvalue weighted by molar-refractivity contribution is 0.250. The predicted octanol–water partition coefficient (Wildman–Crippen LogP) is 4.76. The van der Waals surface area contributed by atoms with Gasteiger partial charge in [-0.3, -0.25) is 4.90 Å². The Morgan fingerprint density at radius 1 is 1.09 bits per heavy atom. The summed E-state index contributed by atoms with van der Waals surface area (Å²) in [5.74, 6) is 0.868. The van der Waals surface area contributed by atoms with Crippen LogP contribution in [-0.4, -0.2) is 47.6 Å². The zero-order valence-electron chi connectivity index (χ0n) is 18.3. The first-order valence-electron chi connectivity index (χ1n) is 11.2. The Kier molecular flexibility index (Phi) is 5.66. The number of aromatic amines is 1. The van der Waals surface area contributed by atoms with Gasteiger partial charge in [0.2, 0.25) is 0 Å². The average Bonchev–Trinajstić information content (AvgIpc) is 3.43. The van der Waals surface area contributed by atoms with Gasteiger partial charge < -0.3 is 14.3 Å². The molecular formula is C26H27N5O. The molecule has 0 unspecified atom stereocenters. The maximum atomic E-state index is 9.17. The van der Waals surface area contributed by atoms with Crippen molar-refractivity contribution in [2.24, 2.45) is 0 Å². The molecule has 0 amide bonds. The fourth-order valence-electron chi connectivity index (χ4n) is 4.49. The molecule has 0 spiro atoms. The van der Waals surface area contributed by atoms with Gasteiger partial charge in [0.05, 0.1) is 11.6 Å². The molecular weight excluding hydrogens is 398 g/mol. The number of hydrogen-bond donors (Lipinski definition) is 1. The highest BCUT2D eigenvalue weighted by Crippen LogP contribution is 2.28. The van der Waals surface area contributed by atoms with E-state index in [1.807, 2.05) is 43.3 Å². The quantitative estimate of drug-likeness (QED) is 0.482. The van der Waals surface area contributed by atoms with Crippen LogP contribution < -0.4 is 4.90 Å². The summed E-state index contributed by atoms with van der Waals surface area (Å²) in [6, 6.07) is 19.0. The van der Waals surface area contributed by atoms with Crippen molar-refractivity contribution < 1.29 is 4.42 Å². The molecule has 32 heavy (non-hydrogen) atoms. The second kappa shape index (κ2) is 8.89. The number of hydrogen-bond acceptors (Lipinski definition) is 5. The van der Waals surface area contributed by atoms with Gasteiger partial charge in [-0.25, -0.2) is 0 Å². The molecule has 1 N–H and O–H groups in total. The van der Waals surface area contributed by atoms with Crippen molar-refractivity contribution in [3.8, 4) is 17.3 Å². The summed E-state index contributed by atoms with van der Waals surface area (Å²) in [6.45, 7) is 6.92. The fraction of sp³-hybridized carbons (Fsp3) is 0.308. The highest BCUT2D eigenvalue weighted by Gasteiger charge is 2.22. The van der Waals surface area contributed by atoms with Crippen LogP contribution in [0, 0.1) is 18.3 Å². The molecule has 1 aliphatic heterocycles. The summed E-state index contributed by atoms with van der Waals surface area (Å²) in [4.78, 5) is 12.9. The van der Waals surface area contributed by atoms with Crippen LogP contribution in [0.2, 0.25) is 0 Å². The smallest absolute Gasteiger partial charge is 0.298 e. The number of aryl methyl sites for hydroxylation is 2. The van der Waals surface area contributed by atoms with E-state index in [0.29, 0.717) is 5.56 Å². The SMILES string of the molecule is Cc1oc(N2CCN(CCCc3c[nH]c4ccc(C#N)cc34)CC2)nc1-c1ccccc1. The van der Waals surface area contributed by atoms with Crippen molar-refractivity contribution in [1.29, 1.82) is 5.26 Å². The summed E-state index contributed by atoms with van der Waals surface area (Å²) in [6.07, 6.45) is 4.19. The summed E-state index contributed by atoms with van der Waals surface area (Å²) < 4.78 is 6.00. The normalized spacial score (nSPS) is 14.7. The van der Waals surface area contributed by atoms with Crippen LogP contribution in [0.15, 0.2) is 59.1 Å². The maximum absolute atomic E-state index is 9.17. The topological polar surface area (TPSA) is 72.1 Å². The van der Waals surface area contributed by atoms with E-state index in [1.54, 1.807) is 0 Å². The van der Waals surface area contributed by atoms with Crippen molar-refractivity contribution in [3.05, 3.63) is 71.6 Å². The molecule has 1 aliphatic rings. The van der Waals surface area contributed by atoms with Crippen LogP contribution in [0.4, 0.5) is 6.01 Å². The number of H-pyrrole nitrogens is 1. The van der Waals surface area contributed by atoms with E-state index in [0.717, 1.165) is 74.1 Å². The fourth-order valence-corrected chi connectivity index (χ4v) is 4.49. The van der Waals surface area contributed by atoms with E-state index in [9.17, 15) is 0 Å². The second-order valence-corrected chi connectivity index (χ2v) is 8.39. The van der Waals surface area contributed by atoms with Gasteiger partial charge in [-0.2, -0.15) is 10.2 Å². The predicted molar refractivity (Wildman–Crippen MR) is 127 cm³/mol. The van der Waals surface area contributed by atoms with Crippen LogP contribution in [0.1, 0.15) is 23.3 Å². The summed E-state index contributed by atoms with van der Waals surface area (Å²) in [5, 5.41) is 10.3. The molecule has 6 heteroatoms. The highest BCUT2D eigenvalue weighted by molar-refractivity contribution is 5.84. The van der Waals surface area contributed by atoms with Gasteiger partial charge in [-0.15, -0.1) is 0 Å². The molecule has 3 heterocycles. The Balaban J connectivity index is 1.15. The van der Waals surface area contributed by atoms with Crippen molar-refractivity contribution in [2.45, 2.75) is 19.8 Å². The van der Waals surface area contributed by atoms with E-state index in [4.69, 9.17) is 14.7 Å². The third-order valence-electron chi connectivity index (χ3n) is 6.29. The monoisotopic (exact) mass is 425 g/mol. The zero-order valence-corrected chi connectivity index (χ0v) is 18.3. The number of oxazole rings is 1. The number of fused-ring (bicyclic) bond motifs is 1. The van der Waals surface area contributed by atoms with Gasteiger partial charge in [0.15, 0.2) is 0 Å². The minimum atomic E-state index is 0.715. The number of anilines is 1. The number of nitrogens with zero attached hydrogens (tertiary/aromatic N) is 4. The number of nitrogens with one attached hydrogen (secondary N) is 1. The number of aromatic nitrogens is 2. The summed E-state index contributed by atoms with van der Waals surface area (Å²) >= 11 is 0. The Labute approximate surface area is 188 Å². The molecule has 162 valence electrons. The average molecular weight is 426 g/mol. The Hall–Kier alpha value is -3.56. The molecule has 2 aromatic carbocycles. The molecule has 5 rings (SSSR count). The van der Waals surface area contributed by atoms with Gasteiger partial charge in [0, 0.05) is 48.8 Å². The van der Waals surface area contributed by atoms with Gasteiger partial charge >= 0.3 is 0 Å². The second-order valence-electron chi connectivity index (χ2n) is 8.39. The van der Waals surface area contributed by atoms with Gasteiger partial charge in [-0.1, -0.05) is 30.3 Å². The molecule has 0 atom stereocenters. The minimum absolute atomic E-state index is 0.715. The van der Waals surface area contributed by atoms with Crippen LogP contribution in [0.5, 0.6) is 0 Å². The highest BCUT2D eigenvalue weighted by atomic mass is 16.4. The van der Waals surface area contributed by atoms with Crippen molar-refractivity contribution >= 4 is 16.9 Å². The molecule has 4 aromatic rings. The standard InChI is InChI=1S/C26H27N5O/c1-19-25(21-6-3-2-4-7-21)29-26(32-19)31-14-12-30(13-15-31)11-5-8-22-18-28-24-10-9-20(17-27)16-23(22)24/h2-4,6-7,9-10,16,18,28H,5,8,11-15H2,1H3. The minimum Gasteiger partial charge on any atom is -0.428 e. The lowest BCUT2D eigenvalue weighted by atomic mass is 10.1. The molecule has 0 radical (unpaired) electrons.